The number of benzene rings is 1. The van der Waals surface area contributed by atoms with Crippen molar-refractivity contribution in [3.8, 4) is 5.88 Å². The molecule has 1 aromatic carbocycles. The highest BCUT2D eigenvalue weighted by Crippen LogP contribution is 2.29. The number of hydrogen-bond acceptors (Lipinski definition) is 3. The van der Waals surface area contributed by atoms with Crippen LogP contribution in [0.15, 0.2) is 47.6 Å². The lowest BCUT2D eigenvalue weighted by atomic mass is 10.2. The second kappa shape index (κ2) is 10.3. The van der Waals surface area contributed by atoms with Crippen LogP contribution in [0.5, 0.6) is 5.88 Å². The molecule has 1 heterocycles. The molecule has 3 rings (SSSR count). The third-order valence-corrected chi connectivity index (χ3v) is 4.00. The van der Waals surface area contributed by atoms with Crippen LogP contribution in [0.25, 0.3) is 0 Å². The van der Waals surface area contributed by atoms with Gasteiger partial charge in [0.2, 0.25) is 5.88 Å². The van der Waals surface area contributed by atoms with Crippen molar-refractivity contribution in [1.29, 1.82) is 0 Å². The molecule has 1 aromatic heterocycles. The number of ether oxygens (including phenoxy) is 1. The molecule has 7 heteroatoms. The molecule has 5 nitrogen and oxygen atoms in total. The van der Waals surface area contributed by atoms with Gasteiger partial charge in [-0.2, -0.15) is 0 Å². The fourth-order valence-electron chi connectivity index (χ4n) is 2.37. The Kier molecular flexibility index (Phi) is 8.08. The highest BCUT2D eigenvalue weighted by atomic mass is 127. The van der Waals surface area contributed by atoms with Crippen molar-refractivity contribution in [2.24, 2.45) is 10.9 Å². The number of nitrogens with zero attached hydrogens (tertiary/aromatic N) is 2. The molecule has 0 saturated heterocycles. The minimum atomic E-state index is -0.238. The lowest BCUT2D eigenvalue weighted by Crippen LogP contribution is -2.36. The summed E-state index contributed by atoms with van der Waals surface area (Å²) in [6, 6.07) is 10.4. The number of halogens is 2. The molecule has 0 unspecified atom stereocenters. The van der Waals surface area contributed by atoms with E-state index in [4.69, 9.17) is 4.74 Å². The van der Waals surface area contributed by atoms with Gasteiger partial charge in [-0.1, -0.05) is 12.1 Å². The van der Waals surface area contributed by atoms with Crippen molar-refractivity contribution >= 4 is 29.9 Å². The highest BCUT2D eigenvalue weighted by Gasteiger charge is 2.22. The van der Waals surface area contributed by atoms with Gasteiger partial charge < -0.3 is 15.4 Å². The first-order valence-electron chi connectivity index (χ1n) is 8.49. The third kappa shape index (κ3) is 6.78. The summed E-state index contributed by atoms with van der Waals surface area (Å²) < 4.78 is 18.9. The maximum absolute atomic E-state index is 13.2. The minimum absolute atomic E-state index is 0. The normalized spacial score (nSPS) is 13.7. The summed E-state index contributed by atoms with van der Waals surface area (Å²) in [5, 5.41) is 6.41. The largest absolute Gasteiger partial charge is 0.477 e. The standard InChI is InChI=1S/C19H23FN4O.HI/c1-21-19(23-11-15-3-2-4-17(20)9-15)24-12-16-7-8-22-18(10-16)25-13-14-5-6-14;/h2-4,7-10,14H,5-6,11-13H2,1H3,(H2,21,23,24);1H. The van der Waals surface area contributed by atoms with Crippen LogP contribution >= 0.6 is 24.0 Å². The fraction of sp³-hybridized carbons (Fsp3) is 0.368. The molecule has 1 aliphatic rings. The van der Waals surface area contributed by atoms with E-state index in [9.17, 15) is 4.39 Å². The molecule has 0 bridgehead atoms. The summed E-state index contributed by atoms with van der Waals surface area (Å²) >= 11 is 0. The van der Waals surface area contributed by atoms with Crippen molar-refractivity contribution in [3.05, 3.63) is 59.5 Å². The molecule has 26 heavy (non-hydrogen) atoms. The Bertz CT molecular complexity index is 737. The van der Waals surface area contributed by atoms with E-state index in [1.165, 1.54) is 25.0 Å². The fourth-order valence-corrected chi connectivity index (χ4v) is 2.37. The van der Waals surface area contributed by atoms with Gasteiger partial charge in [0.15, 0.2) is 5.96 Å². The average Bonchev–Trinajstić information content (AvgIpc) is 3.45. The van der Waals surface area contributed by atoms with Crippen molar-refractivity contribution in [1.82, 2.24) is 15.6 Å². The van der Waals surface area contributed by atoms with Crippen LogP contribution in [-0.2, 0) is 13.1 Å². The van der Waals surface area contributed by atoms with Crippen molar-refractivity contribution < 1.29 is 9.13 Å². The number of nitrogens with one attached hydrogen (secondary N) is 2. The van der Waals surface area contributed by atoms with Crippen LogP contribution in [0.1, 0.15) is 24.0 Å². The summed E-state index contributed by atoms with van der Waals surface area (Å²) in [6.45, 7) is 1.86. The molecular formula is C19H24FIN4O. The second-order valence-corrected chi connectivity index (χ2v) is 6.17. The summed E-state index contributed by atoms with van der Waals surface area (Å²) in [6.07, 6.45) is 4.27. The van der Waals surface area contributed by atoms with Gasteiger partial charge in [-0.3, -0.25) is 4.99 Å². The topological polar surface area (TPSA) is 58.5 Å². The van der Waals surface area contributed by atoms with E-state index in [1.54, 1.807) is 19.3 Å². The summed E-state index contributed by atoms with van der Waals surface area (Å²) in [7, 11) is 1.71. The van der Waals surface area contributed by atoms with E-state index < -0.39 is 0 Å². The molecule has 0 spiro atoms. The third-order valence-electron chi connectivity index (χ3n) is 4.00. The van der Waals surface area contributed by atoms with Gasteiger partial charge in [-0.15, -0.1) is 24.0 Å². The summed E-state index contributed by atoms with van der Waals surface area (Å²) in [5.74, 6) is 1.78. The molecule has 2 aromatic rings. The molecule has 1 aliphatic carbocycles. The van der Waals surface area contributed by atoms with E-state index in [2.05, 4.69) is 20.6 Å². The number of aliphatic imine (C=N–C) groups is 1. The summed E-state index contributed by atoms with van der Waals surface area (Å²) in [4.78, 5) is 8.42. The van der Waals surface area contributed by atoms with Gasteiger partial charge in [0.05, 0.1) is 6.61 Å². The first-order chi connectivity index (χ1) is 12.2. The molecule has 2 N–H and O–H groups in total. The van der Waals surface area contributed by atoms with E-state index >= 15 is 0 Å². The van der Waals surface area contributed by atoms with Gasteiger partial charge >= 0.3 is 0 Å². The number of aromatic nitrogens is 1. The molecular weight excluding hydrogens is 446 g/mol. The first kappa shape index (κ1) is 20.4. The zero-order chi connectivity index (χ0) is 17.5. The quantitative estimate of drug-likeness (QED) is 0.370. The Morgan fingerprint density at radius 3 is 2.58 bits per heavy atom. The smallest absolute Gasteiger partial charge is 0.213 e. The van der Waals surface area contributed by atoms with E-state index in [0.29, 0.717) is 30.8 Å². The molecule has 0 atom stereocenters. The second-order valence-electron chi connectivity index (χ2n) is 6.17. The van der Waals surface area contributed by atoms with Gasteiger partial charge in [-0.25, -0.2) is 9.37 Å². The number of rotatable bonds is 7. The number of guanidine groups is 1. The van der Waals surface area contributed by atoms with Crippen molar-refractivity contribution in [2.45, 2.75) is 25.9 Å². The lowest BCUT2D eigenvalue weighted by molar-refractivity contribution is 0.288. The Morgan fingerprint density at radius 1 is 1.19 bits per heavy atom. The molecule has 0 aliphatic heterocycles. The van der Waals surface area contributed by atoms with Crippen LogP contribution in [0, 0.1) is 11.7 Å². The van der Waals surface area contributed by atoms with Gasteiger partial charge in [0.1, 0.15) is 5.82 Å². The maximum Gasteiger partial charge on any atom is 0.213 e. The molecule has 1 fully saturated rings. The molecule has 0 amide bonds. The van der Waals surface area contributed by atoms with Gasteiger partial charge in [0, 0.05) is 32.4 Å². The van der Waals surface area contributed by atoms with Gasteiger partial charge in [-0.05, 0) is 48.1 Å². The van der Waals surface area contributed by atoms with Crippen LogP contribution < -0.4 is 15.4 Å². The first-order valence-corrected chi connectivity index (χ1v) is 8.49. The Morgan fingerprint density at radius 2 is 1.92 bits per heavy atom. The summed E-state index contributed by atoms with van der Waals surface area (Å²) in [5.41, 5.74) is 1.93. The predicted octanol–water partition coefficient (Wildman–Crippen LogP) is 3.49. The molecule has 1 saturated carbocycles. The number of hydrogen-bond donors (Lipinski definition) is 2. The van der Waals surface area contributed by atoms with Crippen molar-refractivity contribution in [2.75, 3.05) is 13.7 Å². The minimum Gasteiger partial charge on any atom is -0.477 e. The zero-order valence-electron chi connectivity index (χ0n) is 14.7. The monoisotopic (exact) mass is 470 g/mol. The van der Waals surface area contributed by atoms with E-state index in [-0.39, 0.29) is 29.8 Å². The van der Waals surface area contributed by atoms with E-state index in [0.717, 1.165) is 17.7 Å². The maximum atomic E-state index is 13.2. The molecule has 140 valence electrons. The average molecular weight is 470 g/mol. The Balaban J connectivity index is 0.00000243. The zero-order valence-corrected chi connectivity index (χ0v) is 17.1. The van der Waals surface area contributed by atoms with Crippen LogP contribution in [-0.4, -0.2) is 24.6 Å². The van der Waals surface area contributed by atoms with Gasteiger partial charge in [0.25, 0.3) is 0 Å². The van der Waals surface area contributed by atoms with Crippen LogP contribution in [0.3, 0.4) is 0 Å². The number of pyridine rings is 1. The Hall–Kier alpha value is -1.90. The van der Waals surface area contributed by atoms with Crippen LogP contribution in [0.2, 0.25) is 0 Å². The van der Waals surface area contributed by atoms with E-state index in [1.807, 2.05) is 18.2 Å². The van der Waals surface area contributed by atoms with Crippen LogP contribution in [0.4, 0.5) is 4.39 Å². The predicted molar refractivity (Wildman–Crippen MR) is 111 cm³/mol. The highest BCUT2D eigenvalue weighted by molar-refractivity contribution is 14.0. The molecule has 0 radical (unpaired) electrons. The lowest BCUT2D eigenvalue weighted by Gasteiger charge is -2.12. The van der Waals surface area contributed by atoms with Crippen molar-refractivity contribution in [3.63, 3.8) is 0 Å². The Labute approximate surface area is 170 Å². The SMILES string of the molecule is CN=C(NCc1cccc(F)c1)NCc1ccnc(OCC2CC2)c1.I.